The molecule has 0 aliphatic carbocycles. The molecule has 0 aliphatic rings. The van der Waals surface area contributed by atoms with Crippen LogP contribution in [0.2, 0.25) is 5.02 Å². The molecule has 5 nitrogen and oxygen atoms in total. The quantitative estimate of drug-likeness (QED) is 0.853. The Morgan fingerprint density at radius 1 is 1.55 bits per heavy atom. The minimum atomic E-state index is -0.272. The Bertz CT molecular complexity index is 679. The van der Waals surface area contributed by atoms with Gasteiger partial charge in [-0.1, -0.05) is 23.7 Å². The van der Waals surface area contributed by atoms with Gasteiger partial charge in [0.15, 0.2) is 10.6 Å². The fourth-order valence-electron chi connectivity index (χ4n) is 1.95. The van der Waals surface area contributed by atoms with E-state index in [0.29, 0.717) is 27.7 Å². The second kappa shape index (κ2) is 6.19. The maximum atomic E-state index is 12.2. The van der Waals surface area contributed by atoms with Crippen LogP contribution in [0.5, 0.6) is 0 Å². The van der Waals surface area contributed by atoms with Crippen molar-refractivity contribution < 1.29 is 4.79 Å². The lowest BCUT2D eigenvalue weighted by Gasteiger charge is -2.14. The van der Waals surface area contributed by atoms with Gasteiger partial charge in [-0.05, 0) is 38.2 Å². The molecule has 2 N–H and O–H groups in total. The average Bonchev–Trinajstić information content (AvgIpc) is 2.80. The maximum absolute atomic E-state index is 12.2. The molecular formula is C13H15ClN4OS. The van der Waals surface area contributed by atoms with Crippen LogP contribution in [0, 0.1) is 4.77 Å². The van der Waals surface area contributed by atoms with Crippen LogP contribution in [0.15, 0.2) is 24.3 Å². The number of H-pyrrole nitrogens is 1. The van der Waals surface area contributed by atoms with Crippen LogP contribution in [0.1, 0.15) is 36.1 Å². The van der Waals surface area contributed by atoms with Crippen molar-refractivity contribution in [1.82, 2.24) is 20.1 Å². The summed E-state index contributed by atoms with van der Waals surface area (Å²) in [4.78, 5) is 12.2. The molecule has 1 unspecified atom stereocenters. The molecule has 1 heterocycles. The van der Waals surface area contributed by atoms with Crippen molar-refractivity contribution in [2.75, 3.05) is 0 Å². The number of nitrogens with zero attached hydrogens (tertiary/aromatic N) is 2. The molecule has 1 amide bonds. The monoisotopic (exact) mass is 310 g/mol. The number of carbonyl (C=O) groups excluding carboxylic acids is 1. The number of halogens is 1. The Labute approximate surface area is 127 Å². The number of hydrogen-bond acceptors (Lipinski definition) is 3. The van der Waals surface area contributed by atoms with E-state index in [9.17, 15) is 4.79 Å². The van der Waals surface area contributed by atoms with Crippen molar-refractivity contribution in [3.05, 3.63) is 45.4 Å². The molecule has 1 aromatic carbocycles. The summed E-state index contributed by atoms with van der Waals surface area (Å²) in [5, 5.41) is 10.2. The zero-order valence-electron chi connectivity index (χ0n) is 11.2. The third-order valence-electron chi connectivity index (χ3n) is 2.96. The van der Waals surface area contributed by atoms with Gasteiger partial charge in [0, 0.05) is 6.54 Å². The molecule has 1 atom stereocenters. The molecule has 0 fully saturated rings. The van der Waals surface area contributed by atoms with E-state index in [1.807, 2.05) is 18.4 Å². The molecule has 0 spiro atoms. The summed E-state index contributed by atoms with van der Waals surface area (Å²) in [5.41, 5.74) is 0.443. The van der Waals surface area contributed by atoms with Gasteiger partial charge >= 0.3 is 0 Å². The second-order valence-electron chi connectivity index (χ2n) is 4.31. The van der Waals surface area contributed by atoms with Crippen LogP contribution in [-0.4, -0.2) is 20.7 Å². The minimum absolute atomic E-state index is 0.236. The van der Waals surface area contributed by atoms with Gasteiger partial charge in [0.1, 0.15) is 0 Å². The molecular weight excluding hydrogens is 296 g/mol. The lowest BCUT2D eigenvalue weighted by atomic mass is 10.2. The molecule has 0 saturated heterocycles. The van der Waals surface area contributed by atoms with E-state index in [2.05, 4.69) is 15.5 Å². The first-order chi connectivity index (χ1) is 9.54. The first kappa shape index (κ1) is 14.7. The zero-order chi connectivity index (χ0) is 14.7. The third kappa shape index (κ3) is 2.91. The number of nitrogens with one attached hydrogen (secondary N) is 2. The molecule has 7 heteroatoms. The van der Waals surface area contributed by atoms with Crippen LogP contribution >= 0.6 is 23.8 Å². The summed E-state index contributed by atoms with van der Waals surface area (Å²) in [6, 6.07) is 6.65. The van der Waals surface area contributed by atoms with Gasteiger partial charge < -0.3 is 9.88 Å². The number of amides is 1. The number of carbonyl (C=O) groups is 1. The number of hydrogen-bond donors (Lipinski definition) is 2. The van der Waals surface area contributed by atoms with Gasteiger partial charge in [-0.15, -0.1) is 0 Å². The van der Waals surface area contributed by atoms with E-state index in [0.717, 1.165) is 0 Å². The summed E-state index contributed by atoms with van der Waals surface area (Å²) in [6.45, 7) is 4.51. The molecule has 20 heavy (non-hydrogen) atoms. The van der Waals surface area contributed by atoms with E-state index >= 15 is 0 Å². The largest absolute Gasteiger partial charge is 0.342 e. The van der Waals surface area contributed by atoms with Crippen LogP contribution in [0.25, 0.3) is 0 Å². The fourth-order valence-corrected chi connectivity index (χ4v) is 2.44. The highest BCUT2D eigenvalue weighted by atomic mass is 35.5. The van der Waals surface area contributed by atoms with Crippen molar-refractivity contribution >= 4 is 29.7 Å². The molecule has 2 rings (SSSR count). The van der Waals surface area contributed by atoms with E-state index < -0.39 is 0 Å². The fraction of sp³-hybridized carbons (Fsp3) is 0.308. The van der Waals surface area contributed by atoms with Gasteiger partial charge in [-0.2, -0.15) is 5.10 Å². The summed E-state index contributed by atoms with van der Waals surface area (Å²) in [5.74, 6) is 0.456. The smallest absolute Gasteiger partial charge is 0.253 e. The van der Waals surface area contributed by atoms with Crippen molar-refractivity contribution in [3.63, 3.8) is 0 Å². The van der Waals surface area contributed by atoms with Gasteiger partial charge in [0.05, 0.1) is 16.6 Å². The van der Waals surface area contributed by atoms with E-state index in [-0.39, 0.29) is 11.9 Å². The summed E-state index contributed by atoms with van der Waals surface area (Å²) in [7, 11) is 0. The molecule has 0 bridgehead atoms. The van der Waals surface area contributed by atoms with Gasteiger partial charge in [-0.3, -0.25) is 9.89 Å². The maximum Gasteiger partial charge on any atom is 0.253 e. The van der Waals surface area contributed by atoms with Crippen LogP contribution < -0.4 is 5.32 Å². The first-order valence-corrected chi connectivity index (χ1v) is 7.03. The van der Waals surface area contributed by atoms with Gasteiger partial charge in [-0.25, -0.2) is 0 Å². The number of aromatic nitrogens is 3. The first-order valence-electron chi connectivity index (χ1n) is 6.25. The third-order valence-corrected chi connectivity index (χ3v) is 3.60. The van der Waals surface area contributed by atoms with Crippen LogP contribution in [-0.2, 0) is 6.54 Å². The predicted octanol–water partition coefficient (Wildman–Crippen LogP) is 3.10. The van der Waals surface area contributed by atoms with E-state index in [1.54, 1.807) is 24.3 Å². The minimum Gasteiger partial charge on any atom is -0.342 e. The Morgan fingerprint density at radius 3 is 2.90 bits per heavy atom. The van der Waals surface area contributed by atoms with Crippen molar-refractivity contribution in [3.8, 4) is 0 Å². The summed E-state index contributed by atoms with van der Waals surface area (Å²) < 4.78 is 2.38. The second-order valence-corrected chi connectivity index (χ2v) is 5.10. The highest BCUT2D eigenvalue weighted by Gasteiger charge is 2.17. The SMILES string of the molecule is CCn1c(C(C)NC(=O)c2ccccc2Cl)n[nH]c1=S. The molecule has 1 aromatic heterocycles. The lowest BCUT2D eigenvalue weighted by molar-refractivity contribution is 0.0937. The summed E-state index contributed by atoms with van der Waals surface area (Å²) in [6.07, 6.45) is 0. The lowest BCUT2D eigenvalue weighted by Crippen LogP contribution is -2.29. The topological polar surface area (TPSA) is 62.7 Å². The number of benzene rings is 1. The van der Waals surface area contributed by atoms with E-state index in [1.165, 1.54) is 0 Å². The Balaban J connectivity index is 2.20. The molecule has 2 aromatic rings. The van der Waals surface area contributed by atoms with Crippen molar-refractivity contribution in [2.24, 2.45) is 0 Å². The standard InChI is InChI=1S/C13H15ClN4OS/c1-3-18-11(16-17-13(18)20)8(2)15-12(19)9-6-4-5-7-10(9)14/h4-8H,3H2,1-2H3,(H,15,19)(H,17,20). The summed E-state index contributed by atoms with van der Waals surface area (Å²) >= 11 is 11.1. The Hall–Kier alpha value is -1.66. The Kier molecular flexibility index (Phi) is 4.57. The Morgan fingerprint density at radius 2 is 2.25 bits per heavy atom. The van der Waals surface area contributed by atoms with Crippen molar-refractivity contribution in [1.29, 1.82) is 0 Å². The average molecular weight is 311 g/mol. The molecule has 0 saturated carbocycles. The number of rotatable bonds is 4. The highest BCUT2D eigenvalue weighted by molar-refractivity contribution is 7.71. The van der Waals surface area contributed by atoms with Crippen LogP contribution in [0.3, 0.4) is 0 Å². The van der Waals surface area contributed by atoms with Gasteiger partial charge in [0.2, 0.25) is 0 Å². The zero-order valence-corrected chi connectivity index (χ0v) is 12.8. The molecule has 106 valence electrons. The highest BCUT2D eigenvalue weighted by Crippen LogP contribution is 2.17. The molecule has 0 aliphatic heterocycles. The van der Waals surface area contributed by atoms with E-state index in [4.69, 9.17) is 23.8 Å². The number of aromatic amines is 1. The van der Waals surface area contributed by atoms with Crippen LogP contribution in [0.4, 0.5) is 0 Å². The van der Waals surface area contributed by atoms with Crippen molar-refractivity contribution in [2.45, 2.75) is 26.4 Å². The normalized spacial score (nSPS) is 12.2. The molecule has 0 radical (unpaired) electrons. The van der Waals surface area contributed by atoms with Gasteiger partial charge in [0.25, 0.3) is 5.91 Å². The predicted molar refractivity (Wildman–Crippen MR) is 80.4 cm³/mol.